The summed E-state index contributed by atoms with van der Waals surface area (Å²) in [6.45, 7) is 6.28. The largest absolute Gasteiger partial charge is 0.299 e. The second kappa shape index (κ2) is 4.78. The van der Waals surface area contributed by atoms with Gasteiger partial charge in [0.1, 0.15) is 5.78 Å². The Bertz CT molecular complexity index is 172. The monoisotopic (exact) mass is 182 g/mol. The molecule has 0 aliphatic heterocycles. The number of carbonyl (C=O) groups excluding carboxylic acids is 1. The van der Waals surface area contributed by atoms with Gasteiger partial charge in [-0.3, -0.25) is 4.79 Å². The third kappa shape index (κ3) is 2.55. The van der Waals surface area contributed by atoms with Crippen LogP contribution in [-0.2, 0) is 4.79 Å². The van der Waals surface area contributed by atoms with Gasteiger partial charge in [0, 0.05) is 11.8 Å². The maximum Gasteiger partial charge on any atom is 0.138 e. The fourth-order valence-electron chi connectivity index (χ4n) is 2.56. The molecule has 2 atom stereocenters. The van der Waals surface area contributed by atoms with Crippen LogP contribution < -0.4 is 0 Å². The zero-order chi connectivity index (χ0) is 9.84. The van der Waals surface area contributed by atoms with Crippen LogP contribution in [-0.4, -0.2) is 5.78 Å². The van der Waals surface area contributed by atoms with Crippen LogP contribution in [0.25, 0.3) is 0 Å². The first-order chi connectivity index (χ1) is 6.16. The van der Waals surface area contributed by atoms with Crippen molar-refractivity contribution in [2.24, 2.45) is 17.8 Å². The van der Waals surface area contributed by atoms with Gasteiger partial charge in [-0.25, -0.2) is 0 Å². The Labute approximate surface area is 81.9 Å². The van der Waals surface area contributed by atoms with E-state index in [0.717, 1.165) is 6.42 Å². The third-order valence-electron chi connectivity index (χ3n) is 3.25. The minimum atomic E-state index is 0.238. The summed E-state index contributed by atoms with van der Waals surface area (Å²) in [6.07, 6.45) is 6.20. The minimum Gasteiger partial charge on any atom is -0.299 e. The molecule has 0 amide bonds. The number of carbonyl (C=O) groups is 1. The molecule has 0 radical (unpaired) electrons. The highest BCUT2D eigenvalue weighted by molar-refractivity contribution is 5.83. The smallest absolute Gasteiger partial charge is 0.138 e. The minimum absolute atomic E-state index is 0.238. The molecule has 0 N–H and O–H groups in total. The third-order valence-corrected chi connectivity index (χ3v) is 3.25. The summed E-state index contributed by atoms with van der Waals surface area (Å²) < 4.78 is 0. The molecule has 0 aromatic heterocycles. The van der Waals surface area contributed by atoms with Crippen LogP contribution in [0.15, 0.2) is 0 Å². The van der Waals surface area contributed by atoms with E-state index in [4.69, 9.17) is 0 Å². The maximum absolute atomic E-state index is 11.8. The lowest BCUT2D eigenvalue weighted by molar-refractivity contribution is -0.126. The summed E-state index contributed by atoms with van der Waals surface area (Å²) in [5.41, 5.74) is 0. The van der Waals surface area contributed by atoms with Crippen LogP contribution in [0.2, 0.25) is 0 Å². The van der Waals surface area contributed by atoms with Gasteiger partial charge in [0.25, 0.3) is 0 Å². The van der Waals surface area contributed by atoms with Gasteiger partial charge >= 0.3 is 0 Å². The highest BCUT2D eigenvalue weighted by Crippen LogP contribution is 2.36. The number of hydrogen-bond acceptors (Lipinski definition) is 1. The molecule has 0 aromatic rings. The van der Waals surface area contributed by atoms with Gasteiger partial charge in [0.05, 0.1) is 0 Å². The van der Waals surface area contributed by atoms with Crippen molar-refractivity contribution in [2.75, 3.05) is 0 Å². The predicted octanol–water partition coefficient (Wildman–Crippen LogP) is 3.43. The summed E-state index contributed by atoms with van der Waals surface area (Å²) in [4.78, 5) is 11.8. The molecule has 2 unspecified atom stereocenters. The second-order valence-electron chi connectivity index (χ2n) is 4.64. The fourth-order valence-corrected chi connectivity index (χ4v) is 2.56. The Kier molecular flexibility index (Phi) is 3.95. The molecule has 1 saturated carbocycles. The molecule has 1 rings (SSSR count). The lowest BCUT2D eigenvalue weighted by atomic mass is 9.84. The first-order valence-corrected chi connectivity index (χ1v) is 5.70. The van der Waals surface area contributed by atoms with Gasteiger partial charge < -0.3 is 0 Å². The predicted molar refractivity (Wildman–Crippen MR) is 55.6 cm³/mol. The van der Waals surface area contributed by atoms with Gasteiger partial charge in [0.2, 0.25) is 0 Å². The van der Waals surface area contributed by atoms with Crippen molar-refractivity contribution >= 4 is 5.78 Å². The average Bonchev–Trinajstić information content (AvgIpc) is 2.52. The van der Waals surface area contributed by atoms with E-state index in [1.165, 1.54) is 25.7 Å². The van der Waals surface area contributed by atoms with Crippen LogP contribution >= 0.6 is 0 Å². The van der Waals surface area contributed by atoms with Crippen molar-refractivity contribution < 1.29 is 4.79 Å². The number of rotatable bonds is 4. The van der Waals surface area contributed by atoms with E-state index in [-0.39, 0.29) is 5.92 Å². The van der Waals surface area contributed by atoms with E-state index < -0.39 is 0 Å². The highest BCUT2D eigenvalue weighted by atomic mass is 16.1. The summed E-state index contributed by atoms with van der Waals surface area (Å²) in [7, 11) is 0. The highest BCUT2D eigenvalue weighted by Gasteiger charge is 2.32. The fraction of sp³-hybridized carbons (Fsp3) is 0.917. The molecule has 1 aliphatic carbocycles. The molecule has 1 aliphatic rings. The zero-order valence-electron chi connectivity index (χ0n) is 9.18. The molecule has 1 fully saturated rings. The summed E-state index contributed by atoms with van der Waals surface area (Å²) in [5, 5.41) is 0. The molecule has 13 heavy (non-hydrogen) atoms. The van der Waals surface area contributed by atoms with Crippen LogP contribution in [0, 0.1) is 17.8 Å². The second-order valence-corrected chi connectivity index (χ2v) is 4.64. The Hall–Kier alpha value is -0.330. The molecule has 0 bridgehead atoms. The van der Waals surface area contributed by atoms with Crippen LogP contribution in [0.1, 0.15) is 52.9 Å². The number of hydrogen-bond donors (Lipinski definition) is 0. The summed E-state index contributed by atoms with van der Waals surface area (Å²) in [6, 6.07) is 0. The quantitative estimate of drug-likeness (QED) is 0.651. The van der Waals surface area contributed by atoms with Gasteiger partial charge in [-0.2, -0.15) is 0 Å². The normalized spacial score (nSPS) is 28.3. The SMILES string of the molecule is CCCC1CCCC1C(=O)C(C)C. The van der Waals surface area contributed by atoms with Crippen molar-refractivity contribution in [3.63, 3.8) is 0 Å². The van der Waals surface area contributed by atoms with Gasteiger partial charge in [-0.15, -0.1) is 0 Å². The topological polar surface area (TPSA) is 17.1 Å². The van der Waals surface area contributed by atoms with Gasteiger partial charge in [-0.05, 0) is 18.8 Å². The Morgan fingerprint density at radius 3 is 2.62 bits per heavy atom. The van der Waals surface area contributed by atoms with E-state index in [0.29, 0.717) is 17.6 Å². The van der Waals surface area contributed by atoms with E-state index in [9.17, 15) is 4.79 Å². The lowest BCUT2D eigenvalue weighted by Crippen LogP contribution is -2.23. The van der Waals surface area contributed by atoms with E-state index >= 15 is 0 Å². The van der Waals surface area contributed by atoms with Crippen LogP contribution in [0.4, 0.5) is 0 Å². The van der Waals surface area contributed by atoms with Gasteiger partial charge in [0.15, 0.2) is 0 Å². The molecule has 1 heteroatoms. The lowest BCUT2D eigenvalue weighted by Gasteiger charge is -2.19. The standard InChI is InChI=1S/C12H22O/c1-4-6-10-7-5-8-11(10)12(13)9(2)3/h9-11H,4-8H2,1-3H3. The van der Waals surface area contributed by atoms with Crippen LogP contribution in [0.3, 0.4) is 0 Å². The molecule has 0 heterocycles. The van der Waals surface area contributed by atoms with Crippen LogP contribution in [0.5, 0.6) is 0 Å². The molecule has 76 valence electrons. The zero-order valence-corrected chi connectivity index (χ0v) is 9.18. The molecular formula is C12H22O. The first kappa shape index (κ1) is 10.7. The van der Waals surface area contributed by atoms with E-state index in [1.807, 2.05) is 13.8 Å². The van der Waals surface area contributed by atoms with E-state index in [2.05, 4.69) is 6.92 Å². The molecule has 0 aromatic carbocycles. The Morgan fingerprint density at radius 1 is 1.38 bits per heavy atom. The maximum atomic E-state index is 11.8. The Morgan fingerprint density at radius 2 is 2.08 bits per heavy atom. The van der Waals surface area contributed by atoms with Crippen molar-refractivity contribution in [1.29, 1.82) is 0 Å². The number of Topliss-reactive ketones (excluding diaryl/α,β-unsaturated/α-hetero) is 1. The van der Waals surface area contributed by atoms with E-state index in [1.54, 1.807) is 0 Å². The Balaban J connectivity index is 2.52. The van der Waals surface area contributed by atoms with Crippen molar-refractivity contribution in [2.45, 2.75) is 52.9 Å². The summed E-state index contributed by atoms with van der Waals surface area (Å²) >= 11 is 0. The molecular weight excluding hydrogens is 160 g/mol. The molecule has 1 nitrogen and oxygen atoms in total. The van der Waals surface area contributed by atoms with Gasteiger partial charge in [-0.1, -0.05) is 40.0 Å². The van der Waals surface area contributed by atoms with Crippen molar-refractivity contribution in [3.05, 3.63) is 0 Å². The van der Waals surface area contributed by atoms with Crippen molar-refractivity contribution in [3.8, 4) is 0 Å². The summed E-state index contributed by atoms with van der Waals surface area (Å²) in [5.74, 6) is 1.86. The molecule has 0 spiro atoms. The number of ketones is 1. The first-order valence-electron chi connectivity index (χ1n) is 5.70. The molecule has 0 saturated heterocycles. The van der Waals surface area contributed by atoms with Crippen molar-refractivity contribution in [1.82, 2.24) is 0 Å². The average molecular weight is 182 g/mol.